The van der Waals surface area contributed by atoms with Gasteiger partial charge in [0.15, 0.2) is 0 Å². The Labute approximate surface area is 136 Å². The van der Waals surface area contributed by atoms with Gasteiger partial charge >= 0.3 is 5.69 Å². The highest BCUT2D eigenvalue weighted by Crippen LogP contribution is 2.14. The lowest BCUT2D eigenvalue weighted by Crippen LogP contribution is -2.27. The summed E-state index contributed by atoms with van der Waals surface area (Å²) in [4.78, 5) is 39.2. The molecule has 0 atom stereocenters. The molecule has 24 heavy (non-hydrogen) atoms. The average molecular weight is 326 g/mol. The molecule has 0 unspecified atom stereocenters. The van der Waals surface area contributed by atoms with Crippen LogP contribution in [0.5, 0.6) is 0 Å². The Morgan fingerprint density at radius 2 is 1.96 bits per heavy atom. The van der Waals surface area contributed by atoms with E-state index in [4.69, 9.17) is 0 Å². The van der Waals surface area contributed by atoms with Crippen LogP contribution in [-0.4, -0.2) is 31.4 Å². The van der Waals surface area contributed by atoms with Crippen molar-refractivity contribution in [3.63, 3.8) is 0 Å². The molecule has 3 aromatic rings. The van der Waals surface area contributed by atoms with Crippen molar-refractivity contribution in [1.82, 2.24) is 19.9 Å². The molecule has 122 valence electrons. The van der Waals surface area contributed by atoms with E-state index in [0.717, 1.165) is 12.4 Å². The second-order valence-electron chi connectivity index (χ2n) is 5.04. The number of anilines is 1. The van der Waals surface area contributed by atoms with Crippen LogP contribution < -0.4 is 10.5 Å². The van der Waals surface area contributed by atoms with Crippen LogP contribution in [0.2, 0.25) is 0 Å². The van der Waals surface area contributed by atoms with Gasteiger partial charge in [-0.15, -0.1) is 0 Å². The summed E-state index contributed by atoms with van der Waals surface area (Å²) < 4.78 is 0. The first kappa shape index (κ1) is 15.5. The van der Waals surface area contributed by atoms with Crippen molar-refractivity contribution < 1.29 is 4.92 Å². The zero-order chi connectivity index (χ0) is 17.1. The molecular formula is C15H14N6O3. The van der Waals surface area contributed by atoms with Crippen LogP contribution in [0.1, 0.15) is 12.7 Å². The largest absolute Gasteiger partial charge is 0.334 e. The maximum Gasteiger partial charge on any atom is 0.305 e. The molecule has 2 aromatic heterocycles. The summed E-state index contributed by atoms with van der Waals surface area (Å²) in [6.07, 6.45) is 2.31. The number of rotatable bonds is 5. The number of nitrogens with zero attached hydrogens (tertiary/aromatic N) is 5. The second-order valence-corrected chi connectivity index (χ2v) is 5.04. The van der Waals surface area contributed by atoms with Crippen molar-refractivity contribution in [2.45, 2.75) is 13.5 Å². The van der Waals surface area contributed by atoms with Crippen molar-refractivity contribution >= 4 is 22.5 Å². The summed E-state index contributed by atoms with van der Waals surface area (Å²) >= 11 is 0. The van der Waals surface area contributed by atoms with Gasteiger partial charge in [0.25, 0.3) is 5.56 Å². The molecular weight excluding hydrogens is 312 g/mol. The van der Waals surface area contributed by atoms with Crippen LogP contribution in [0.3, 0.4) is 0 Å². The van der Waals surface area contributed by atoms with Gasteiger partial charge in [-0.25, -0.2) is 15.0 Å². The van der Waals surface area contributed by atoms with Crippen molar-refractivity contribution in [3.8, 4) is 0 Å². The van der Waals surface area contributed by atoms with Crippen LogP contribution in [0.25, 0.3) is 10.9 Å². The third-order valence-electron chi connectivity index (χ3n) is 3.50. The van der Waals surface area contributed by atoms with Crippen LogP contribution in [0, 0.1) is 10.1 Å². The normalized spacial score (nSPS) is 10.7. The maximum absolute atomic E-state index is 12.1. The first-order chi connectivity index (χ1) is 11.6. The third-order valence-corrected chi connectivity index (χ3v) is 3.50. The van der Waals surface area contributed by atoms with E-state index in [0.29, 0.717) is 29.2 Å². The minimum Gasteiger partial charge on any atom is -0.334 e. The predicted octanol–water partition coefficient (Wildman–Crippen LogP) is 1.65. The minimum absolute atomic E-state index is 0.174. The molecule has 3 rings (SSSR count). The lowest BCUT2D eigenvalue weighted by molar-refractivity contribution is -0.385. The lowest BCUT2D eigenvalue weighted by atomic mass is 10.2. The summed E-state index contributed by atoms with van der Waals surface area (Å²) in [5.41, 5.74) is 0.222. The van der Waals surface area contributed by atoms with Gasteiger partial charge in [0.05, 0.1) is 22.4 Å². The lowest BCUT2D eigenvalue weighted by Gasteiger charge is -2.19. The van der Waals surface area contributed by atoms with Crippen LogP contribution >= 0.6 is 0 Å². The van der Waals surface area contributed by atoms with Gasteiger partial charge in [0.1, 0.15) is 18.2 Å². The second kappa shape index (κ2) is 6.41. The number of hydrogen-bond acceptors (Lipinski definition) is 7. The SMILES string of the molecule is CCN(Cc1nc2ccccc2c(=O)[nH]1)c1ncc([N+](=O)[O-])cn1. The molecule has 0 amide bonds. The number of para-hydroxylation sites is 1. The van der Waals surface area contributed by atoms with E-state index >= 15 is 0 Å². The van der Waals surface area contributed by atoms with Gasteiger partial charge in [-0.2, -0.15) is 0 Å². The summed E-state index contributed by atoms with van der Waals surface area (Å²) in [5, 5.41) is 11.2. The molecule has 0 aliphatic carbocycles. The van der Waals surface area contributed by atoms with E-state index < -0.39 is 4.92 Å². The number of nitrogens with one attached hydrogen (secondary N) is 1. The molecule has 0 saturated carbocycles. The summed E-state index contributed by atoms with van der Waals surface area (Å²) in [7, 11) is 0. The molecule has 1 N–H and O–H groups in total. The number of fused-ring (bicyclic) bond motifs is 1. The smallest absolute Gasteiger partial charge is 0.305 e. The van der Waals surface area contributed by atoms with Gasteiger partial charge in [-0.05, 0) is 19.1 Å². The summed E-state index contributed by atoms with van der Waals surface area (Å²) in [6, 6.07) is 7.08. The van der Waals surface area contributed by atoms with Crippen molar-refractivity contribution in [1.29, 1.82) is 0 Å². The van der Waals surface area contributed by atoms with E-state index in [1.165, 1.54) is 0 Å². The molecule has 0 radical (unpaired) electrons. The summed E-state index contributed by atoms with van der Waals surface area (Å²) in [6.45, 7) is 2.73. The Morgan fingerprint density at radius 1 is 1.25 bits per heavy atom. The minimum atomic E-state index is -0.553. The van der Waals surface area contributed by atoms with Crippen molar-refractivity contribution in [3.05, 3.63) is 63.0 Å². The van der Waals surface area contributed by atoms with E-state index in [2.05, 4.69) is 19.9 Å². The van der Waals surface area contributed by atoms with Crippen LogP contribution in [0.15, 0.2) is 41.5 Å². The van der Waals surface area contributed by atoms with Crippen molar-refractivity contribution in [2.24, 2.45) is 0 Å². The zero-order valence-corrected chi connectivity index (χ0v) is 12.8. The molecule has 0 bridgehead atoms. The van der Waals surface area contributed by atoms with Gasteiger partial charge in [0, 0.05) is 6.54 Å². The quantitative estimate of drug-likeness (QED) is 0.559. The highest BCUT2D eigenvalue weighted by atomic mass is 16.6. The number of benzene rings is 1. The van der Waals surface area contributed by atoms with E-state index in [9.17, 15) is 14.9 Å². The molecule has 0 fully saturated rings. The van der Waals surface area contributed by atoms with E-state index in [1.807, 2.05) is 13.0 Å². The predicted molar refractivity (Wildman–Crippen MR) is 87.8 cm³/mol. The fourth-order valence-corrected chi connectivity index (χ4v) is 2.29. The molecule has 1 aromatic carbocycles. The molecule has 9 nitrogen and oxygen atoms in total. The number of aromatic nitrogens is 4. The highest BCUT2D eigenvalue weighted by Gasteiger charge is 2.13. The first-order valence-electron chi connectivity index (χ1n) is 7.28. The van der Waals surface area contributed by atoms with Crippen LogP contribution in [-0.2, 0) is 6.54 Å². The zero-order valence-electron chi connectivity index (χ0n) is 12.8. The number of hydrogen-bond donors (Lipinski definition) is 1. The highest BCUT2D eigenvalue weighted by molar-refractivity contribution is 5.77. The van der Waals surface area contributed by atoms with Crippen molar-refractivity contribution in [2.75, 3.05) is 11.4 Å². The number of nitro groups is 1. The molecule has 0 aliphatic heterocycles. The van der Waals surface area contributed by atoms with Gasteiger partial charge < -0.3 is 9.88 Å². The Hall–Kier alpha value is -3.36. The number of H-pyrrole nitrogens is 1. The summed E-state index contributed by atoms with van der Waals surface area (Å²) in [5.74, 6) is 0.807. The first-order valence-corrected chi connectivity index (χ1v) is 7.28. The molecule has 2 heterocycles. The van der Waals surface area contributed by atoms with Crippen LogP contribution in [0.4, 0.5) is 11.6 Å². The molecule has 0 aliphatic rings. The Balaban J connectivity index is 1.90. The fraction of sp³-hybridized carbons (Fsp3) is 0.200. The monoisotopic (exact) mass is 326 g/mol. The topological polar surface area (TPSA) is 118 Å². The Kier molecular flexibility index (Phi) is 4.15. The van der Waals surface area contributed by atoms with Gasteiger partial charge in [-0.3, -0.25) is 14.9 Å². The van der Waals surface area contributed by atoms with Gasteiger partial charge in [-0.1, -0.05) is 12.1 Å². The molecule has 0 spiro atoms. The standard InChI is InChI=1S/C15H14N6O3/c1-2-20(15-16-7-10(8-17-15)21(23)24)9-13-18-12-6-4-3-5-11(12)14(22)19-13/h3-8H,2,9H2,1H3,(H,18,19,22). The number of aromatic amines is 1. The Morgan fingerprint density at radius 3 is 2.62 bits per heavy atom. The molecule has 9 heteroatoms. The maximum atomic E-state index is 12.1. The van der Waals surface area contributed by atoms with E-state index in [-0.39, 0.29) is 17.8 Å². The van der Waals surface area contributed by atoms with E-state index in [1.54, 1.807) is 23.1 Å². The Bertz CT molecular complexity index is 938. The fourth-order valence-electron chi connectivity index (χ4n) is 2.29. The average Bonchev–Trinajstić information content (AvgIpc) is 2.60. The third kappa shape index (κ3) is 3.05. The molecule has 0 saturated heterocycles. The van der Waals surface area contributed by atoms with Gasteiger partial charge in [0.2, 0.25) is 5.95 Å².